The van der Waals surface area contributed by atoms with Crippen molar-refractivity contribution in [2.24, 2.45) is 5.41 Å². The van der Waals surface area contributed by atoms with Crippen molar-refractivity contribution in [2.45, 2.75) is 59.5 Å². The monoisotopic (exact) mass is 369 g/mol. The van der Waals surface area contributed by atoms with Gasteiger partial charge in [-0.2, -0.15) is 0 Å². The highest BCUT2D eigenvalue weighted by Crippen LogP contribution is 2.33. The van der Waals surface area contributed by atoms with Gasteiger partial charge in [-0.25, -0.2) is 4.68 Å². The Morgan fingerprint density at radius 2 is 1.96 bits per heavy atom. The molecule has 1 unspecified atom stereocenters. The zero-order chi connectivity index (χ0) is 19.6. The first kappa shape index (κ1) is 19.5. The van der Waals surface area contributed by atoms with Crippen LogP contribution < -0.4 is 10.6 Å². The molecular weight excluding hydrogens is 338 g/mol. The van der Waals surface area contributed by atoms with Gasteiger partial charge in [0.05, 0.1) is 17.8 Å². The highest BCUT2D eigenvalue weighted by atomic mass is 16.2. The van der Waals surface area contributed by atoms with E-state index in [-0.39, 0.29) is 17.4 Å². The number of rotatable bonds is 4. The van der Waals surface area contributed by atoms with Crippen LogP contribution in [-0.4, -0.2) is 34.0 Å². The number of carbonyl (C=O) groups is 1. The van der Waals surface area contributed by atoms with Crippen molar-refractivity contribution < 1.29 is 4.79 Å². The largest absolute Gasteiger partial charge is 0.343 e. The smallest absolute Gasteiger partial charge is 0.274 e. The predicted molar refractivity (Wildman–Crippen MR) is 107 cm³/mol. The van der Waals surface area contributed by atoms with E-state index in [1.165, 1.54) is 5.56 Å². The minimum atomic E-state index is -0.158. The zero-order valence-electron chi connectivity index (χ0n) is 17.0. The van der Waals surface area contributed by atoms with E-state index in [0.717, 1.165) is 37.2 Å². The summed E-state index contributed by atoms with van der Waals surface area (Å²) in [6.07, 6.45) is 2.03. The average molecular weight is 370 g/mol. The van der Waals surface area contributed by atoms with Gasteiger partial charge in [-0.3, -0.25) is 4.79 Å². The molecule has 27 heavy (non-hydrogen) atoms. The van der Waals surface area contributed by atoms with E-state index < -0.39 is 0 Å². The molecular formula is C21H31N5O. The summed E-state index contributed by atoms with van der Waals surface area (Å²) in [5.41, 5.74) is 3.44. The van der Waals surface area contributed by atoms with E-state index in [2.05, 4.69) is 66.8 Å². The molecule has 1 amide bonds. The fourth-order valence-corrected chi connectivity index (χ4v) is 3.80. The number of benzene rings is 1. The Bertz CT molecular complexity index is 799. The number of nitrogens with zero attached hydrogens (tertiary/aromatic N) is 3. The van der Waals surface area contributed by atoms with Gasteiger partial charge < -0.3 is 10.6 Å². The lowest BCUT2D eigenvalue weighted by Gasteiger charge is -2.32. The lowest BCUT2D eigenvalue weighted by Crippen LogP contribution is -2.37. The van der Waals surface area contributed by atoms with E-state index in [0.29, 0.717) is 11.7 Å². The average Bonchev–Trinajstić information content (AvgIpc) is 3.01. The number of hydrogen-bond acceptors (Lipinski definition) is 4. The fourth-order valence-electron chi connectivity index (χ4n) is 3.80. The predicted octanol–water partition coefficient (Wildman–Crippen LogP) is 3.34. The van der Waals surface area contributed by atoms with Crippen LogP contribution in [0.25, 0.3) is 0 Å². The highest BCUT2D eigenvalue weighted by molar-refractivity contribution is 5.93. The Hall–Kier alpha value is -2.21. The van der Waals surface area contributed by atoms with E-state index in [1.807, 2.05) is 17.7 Å². The molecule has 1 atom stereocenters. The lowest BCUT2D eigenvalue weighted by atomic mass is 9.82. The lowest BCUT2D eigenvalue weighted by molar-refractivity contribution is 0.0895. The molecule has 146 valence electrons. The third-order valence-corrected chi connectivity index (χ3v) is 5.31. The van der Waals surface area contributed by atoms with Crippen LogP contribution in [0.2, 0.25) is 0 Å². The summed E-state index contributed by atoms with van der Waals surface area (Å²) in [7, 11) is 0. The van der Waals surface area contributed by atoms with Crippen molar-refractivity contribution in [1.82, 2.24) is 25.6 Å². The summed E-state index contributed by atoms with van der Waals surface area (Å²) in [6, 6.07) is 8.52. The zero-order valence-corrected chi connectivity index (χ0v) is 17.0. The number of amides is 1. The SMILES string of the molecule is Cc1cccc(C(NC(=O)c2nnn(C3CCNCC3)c2C)C(C)(C)C)c1. The van der Waals surface area contributed by atoms with Crippen LogP contribution >= 0.6 is 0 Å². The summed E-state index contributed by atoms with van der Waals surface area (Å²) in [4.78, 5) is 13.0. The van der Waals surface area contributed by atoms with Gasteiger partial charge >= 0.3 is 0 Å². The maximum Gasteiger partial charge on any atom is 0.274 e. The number of hydrogen-bond donors (Lipinski definition) is 2. The first-order valence-electron chi connectivity index (χ1n) is 9.77. The Morgan fingerprint density at radius 1 is 1.26 bits per heavy atom. The Labute approximate surface area is 161 Å². The molecule has 1 aliphatic rings. The van der Waals surface area contributed by atoms with E-state index in [4.69, 9.17) is 0 Å². The fraction of sp³-hybridized carbons (Fsp3) is 0.571. The van der Waals surface area contributed by atoms with Crippen molar-refractivity contribution in [3.63, 3.8) is 0 Å². The van der Waals surface area contributed by atoms with Gasteiger partial charge in [-0.1, -0.05) is 55.8 Å². The molecule has 1 fully saturated rings. The molecule has 0 saturated carbocycles. The van der Waals surface area contributed by atoms with Crippen LogP contribution in [0.4, 0.5) is 0 Å². The maximum atomic E-state index is 13.0. The maximum absolute atomic E-state index is 13.0. The van der Waals surface area contributed by atoms with E-state index in [1.54, 1.807) is 0 Å². The Morgan fingerprint density at radius 3 is 2.59 bits per heavy atom. The number of aryl methyl sites for hydroxylation is 1. The molecule has 1 aromatic heterocycles. The second-order valence-corrected chi connectivity index (χ2v) is 8.64. The second kappa shape index (κ2) is 7.80. The van der Waals surface area contributed by atoms with Gasteiger partial charge in [0, 0.05) is 0 Å². The van der Waals surface area contributed by atoms with E-state index >= 15 is 0 Å². The molecule has 0 bridgehead atoms. The van der Waals surface area contributed by atoms with Crippen LogP contribution in [0.15, 0.2) is 24.3 Å². The van der Waals surface area contributed by atoms with Crippen molar-refractivity contribution in [1.29, 1.82) is 0 Å². The van der Waals surface area contributed by atoms with Crippen molar-refractivity contribution in [3.05, 3.63) is 46.8 Å². The molecule has 2 N–H and O–H groups in total. The van der Waals surface area contributed by atoms with Crippen LogP contribution in [-0.2, 0) is 0 Å². The van der Waals surface area contributed by atoms with Gasteiger partial charge in [-0.15, -0.1) is 5.10 Å². The van der Waals surface area contributed by atoms with Gasteiger partial charge in [-0.05, 0) is 50.8 Å². The molecule has 3 rings (SSSR count). The molecule has 0 radical (unpaired) electrons. The van der Waals surface area contributed by atoms with Gasteiger partial charge in [0.15, 0.2) is 5.69 Å². The molecule has 2 aromatic rings. The summed E-state index contributed by atoms with van der Waals surface area (Å²) < 4.78 is 1.93. The van der Waals surface area contributed by atoms with Gasteiger partial charge in [0.25, 0.3) is 5.91 Å². The third kappa shape index (κ3) is 4.38. The van der Waals surface area contributed by atoms with Crippen molar-refractivity contribution in [3.8, 4) is 0 Å². The van der Waals surface area contributed by atoms with Gasteiger partial charge in [0.1, 0.15) is 0 Å². The van der Waals surface area contributed by atoms with Crippen LogP contribution in [0.1, 0.15) is 73.0 Å². The van der Waals surface area contributed by atoms with E-state index in [9.17, 15) is 4.79 Å². The second-order valence-electron chi connectivity index (χ2n) is 8.64. The first-order chi connectivity index (χ1) is 12.8. The topological polar surface area (TPSA) is 71.8 Å². The minimum absolute atomic E-state index is 0.103. The molecule has 0 spiro atoms. The summed E-state index contributed by atoms with van der Waals surface area (Å²) in [5, 5.41) is 15.1. The number of carbonyl (C=O) groups excluding carboxylic acids is 1. The third-order valence-electron chi connectivity index (χ3n) is 5.31. The quantitative estimate of drug-likeness (QED) is 0.867. The minimum Gasteiger partial charge on any atom is -0.343 e. The summed E-state index contributed by atoms with van der Waals surface area (Å²) in [6.45, 7) is 12.4. The molecule has 1 aliphatic heterocycles. The molecule has 1 aromatic carbocycles. The standard InChI is InChI=1S/C21H31N5O/c1-14-7-6-8-16(13-14)19(21(3,4)5)23-20(27)18-15(2)26(25-24-18)17-9-11-22-12-10-17/h6-8,13,17,19,22H,9-12H2,1-5H3,(H,23,27). The van der Waals surface area contributed by atoms with Crippen LogP contribution in [0.5, 0.6) is 0 Å². The number of nitrogens with one attached hydrogen (secondary N) is 2. The number of aromatic nitrogens is 3. The summed E-state index contributed by atoms with van der Waals surface area (Å²) >= 11 is 0. The molecule has 6 nitrogen and oxygen atoms in total. The normalized spacial score (nSPS) is 16.9. The van der Waals surface area contributed by atoms with Crippen molar-refractivity contribution >= 4 is 5.91 Å². The Kier molecular flexibility index (Phi) is 5.65. The van der Waals surface area contributed by atoms with Gasteiger partial charge in [0.2, 0.25) is 0 Å². The van der Waals surface area contributed by atoms with Crippen LogP contribution in [0, 0.1) is 19.3 Å². The first-order valence-corrected chi connectivity index (χ1v) is 9.77. The Balaban J connectivity index is 1.83. The molecule has 6 heteroatoms. The highest BCUT2D eigenvalue weighted by Gasteiger charge is 2.30. The molecule has 0 aliphatic carbocycles. The molecule has 1 saturated heterocycles. The van der Waals surface area contributed by atoms with Crippen molar-refractivity contribution in [2.75, 3.05) is 13.1 Å². The van der Waals surface area contributed by atoms with Crippen LogP contribution in [0.3, 0.4) is 0 Å². The summed E-state index contributed by atoms with van der Waals surface area (Å²) in [5.74, 6) is -0.158. The molecule has 2 heterocycles. The number of piperidine rings is 1.